The average Bonchev–Trinajstić information content (AvgIpc) is 2.57. The molecule has 0 fully saturated rings. The Morgan fingerprint density at radius 2 is 0.905 bits per heavy atom. The van der Waals surface area contributed by atoms with Gasteiger partial charge in [0.25, 0.3) is 0 Å². The van der Waals surface area contributed by atoms with Crippen LogP contribution in [0, 0.1) is 0 Å². The maximum absolute atomic E-state index is 4.56. The van der Waals surface area contributed by atoms with Crippen molar-refractivity contribution in [3.8, 4) is 0 Å². The Balaban J connectivity index is 2.36. The summed E-state index contributed by atoms with van der Waals surface area (Å²) in [4.78, 5) is 13.7. The summed E-state index contributed by atoms with van der Waals surface area (Å²) in [5.74, 6) is 0. The molecule has 106 valence electrons. The number of aromatic nitrogens is 3. The third kappa shape index (κ3) is 2.44. The Morgan fingerprint density at radius 3 is 1.14 bits per heavy atom. The van der Waals surface area contributed by atoms with E-state index in [1.54, 1.807) is 18.6 Å². The number of pyridine rings is 3. The summed E-state index contributed by atoms with van der Waals surface area (Å²) in [6.45, 7) is 0. The SMILES string of the molecule is BrP(Br)(c1ccccn1)(c1ccccn1)c1ccccn1. The number of hydrogen-bond donors (Lipinski definition) is 0. The second-order valence-corrected chi connectivity index (χ2v) is 19.0. The van der Waals surface area contributed by atoms with Crippen molar-refractivity contribution in [2.24, 2.45) is 0 Å². The Labute approximate surface area is 139 Å². The van der Waals surface area contributed by atoms with Crippen molar-refractivity contribution in [3.05, 3.63) is 73.2 Å². The molecule has 0 aliphatic rings. The van der Waals surface area contributed by atoms with E-state index in [-0.39, 0.29) is 0 Å². The Hall–Kier alpha value is -1.16. The van der Waals surface area contributed by atoms with Gasteiger partial charge in [0.05, 0.1) is 0 Å². The van der Waals surface area contributed by atoms with E-state index in [0.717, 1.165) is 16.3 Å². The fraction of sp³-hybridized carbons (Fsp3) is 0. The molecule has 0 bridgehead atoms. The molecule has 3 rings (SSSR count). The van der Waals surface area contributed by atoms with Gasteiger partial charge in [-0.25, -0.2) is 0 Å². The summed E-state index contributed by atoms with van der Waals surface area (Å²) in [5.41, 5.74) is 2.67. The van der Waals surface area contributed by atoms with Crippen molar-refractivity contribution in [2.75, 3.05) is 0 Å². The summed E-state index contributed by atoms with van der Waals surface area (Å²) < 4.78 is -3.08. The summed E-state index contributed by atoms with van der Waals surface area (Å²) >= 11 is 7.95. The fourth-order valence-electron chi connectivity index (χ4n) is 2.11. The van der Waals surface area contributed by atoms with Gasteiger partial charge in [-0.15, -0.1) is 0 Å². The molecule has 0 amide bonds. The van der Waals surface area contributed by atoms with Crippen LogP contribution in [0.15, 0.2) is 73.2 Å². The van der Waals surface area contributed by atoms with Gasteiger partial charge in [0.1, 0.15) is 0 Å². The van der Waals surface area contributed by atoms with Crippen molar-refractivity contribution < 1.29 is 0 Å². The van der Waals surface area contributed by atoms with Gasteiger partial charge in [0.15, 0.2) is 0 Å². The van der Waals surface area contributed by atoms with Crippen LogP contribution in [0.5, 0.6) is 0 Å². The molecule has 0 aliphatic carbocycles. The molecular weight excluding hydrogens is 413 g/mol. The van der Waals surface area contributed by atoms with Gasteiger partial charge in [-0.1, -0.05) is 0 Å². The predicted molar refractivity (Wildman–Crippen MR) is 96.4 cm³/mol. The second kappa shape index (κ2) is 5.56. The molecule has 21 heavy (non-hydrogen) atoms. The Bertz CT molecular complexity index is 633. The van der Waals surface area contributed by atoms with Gasteiger partial charge < -0.3 is 0 Å². The standard InChI is InChI=1S/C15H12Br2N3P/c16-21(17,13-7-1-4-10-18-13,14-8-2-5-11-19-14)15-9-3-6-12-20-15/h1-12H. The fourth-order valence-corrected chi connectivity index (χ4v) is 8.44. The first kappa shape index (κ1) is 14.8. The maximum atomic E-state index is 4.56. The first-order chi connectivity index (χ1) is 10.1. The number of halogens is 2. The van der Waals surface area contributed by atoms with Crippen LogP contribution in [0.3, 0.4) is 0 Å². The van der Waals surface area contributed by atoms with Crippen molar-refractivity contribution in [2.45, 2.75) is 0 Å². The zero-order valence-electron chi connectivity index (χ0n) is 11.0. The molecule has 0 atom stereocenters. The van der Waals surface area contributed by atoms with E-state index in [1.807, 2.05) is 54.6 Å². The summed E-state index contributed by atoms with van der Waals surface area (Å²) in [6, 6.07) is 17.6. The predicted octanol–water partition coefficient (Wildman–Crippen LogP) is 3.32. The van der Waals surface area contributed by atoms with E-state index < -0.39 is 4.01 Å². The van der Waals surface area contributed by atoms with E-state index in [2.05, 4.69) is 45.9 Å². The number of rotatable bonds is 3. The van der Waals surface area contributed by atoms with E-state index in [9.17, 15) is 0 Å². The molecule has 0 radical (unpaired) electrons. The molecule has 3 aromatic rings. The van der Waals surface area contributed by atoms with Crippen LogP contribution in [0.1, 0.15) is 0 Å². The first-order valence-electron chi connectivity index (χ1n) is 6.32. The Kier molecular flexibility index (Phi) is 3.91. The van der Waals surface area contributed by atoms with Crippen LogP contribution in [0.4, 0.5) is 0 Å². The van der Waals surface area contributed by atoms with Crippen molar-refractivity contribution >= 4 is 51.3 Å². The molecular formula is C15H12Br2N3P. The van der Waals surface area contributed by atoms with Gasteiger partial charge in [0, 0.05) is 0 Å². The molecule has 3 nitrogen and oxygen atoms in total. The van der Waals surface area contributed by atoms with Gasteiger partial charge >= 0.3 is 139 Å². The van der Waals surface area contributed by atoms with E-state index >= 15 is 0 Å². The monoisotopic (exact) mass is 423 g/mol. The van der Waals surface area contributed by atoms with Crippen molar-refractivity contribution in [1.82, 2.24) is 15.0 Å². The normalized spacial score (nSPS) is 13.3. The second-order valence-electron chi connectivity index (χ2n) is 4.47. The summed E-state index contributed by atoms with van der Waals surface area (Å²) in [5, 5.41) is 0. The van der Waals surface area contributed by atoms with E-state index in [0.29, 0.717) is 0 Å². The van der Waals surface area contributed by atoms with Crippen LogP contribution in [-0.2, 0) is 0 Å². The van der Waals surface area contributed by atoms with Crippen molar-refractivity contribution in [1.29, 1.82) is 0 Å². The van der Waals surface area contributed by atoms with Gasteiger partial charge in [-0.05, 0) is 0 Å². The zero-order chi connectivity index (χ0) is 14.8. The molecule has 0 aromatic carbocycles. The van der Waals surface area contributed by atoms with Crippen LogP contribution >= 0.6 is 35.0 Å². The third-order valence-corrected chi connectivity index (χ3v) is 12.9. The van der Waals surface area contributed by atoms with E-state index in [4.69, 9.17) is 0 Å². The molecule has 3 aromatic heterocycles. The van der Waals surface area contributed by atoms with Gasteiger partial charge in [-0.2, -0.15) is 0 Å². The van der Waals surface area contributed by atoms with Gasteiger partial charge in [0.2, 0.25) is 0 Å². The third-order valence-electron chi connectivity index (χ3n) is 3.15. The van der Waals surface area contributed by atoms with Crippen LogP contribution in [0.25, 0.3) is 0 Å². The topological polar surface area (TPSA) is 38.7 Å². The van der Waals surface area contributed by atoms with Gasteiger partial charge in [-0.3, -0.25) is 0 Å². The molecule has 0 saturated carbocycles. The number of nitrogens with zero attached hydrogens (tertiary/aromatic N) is 3. The first-order valence-corrected chi connectivity index (χ1v) is 12.6. The average molecular weight is 425 g/mol. The summed E-state index contributed by atoms with van der Waals surface area (Å²) in [6.07, 6.45) is 5.35. The zero-order valence-corrected chi connectivity index (χ0v) is 15.0. The minimum atomic E-state index is -3.08. The molecule has 3 heterocycles. The summed E-state index contributed by atoms with van der Waals surface area (Å²) in [7, 11) is 0. The molecule has 6 heteroatoms. The van der Waals surface area contributed by atoms with Crippen LogP contribution in [-0.4, -0.2) is 15.0 Å². The van der Waals surface area contributed by atoms with E-state index in [1.165, 1.54) is 0 Å². The molecule has 0 saturated heterocycles. The quantitative estimate of drug-likeness (QED) is 0.605. The Morgan fingerprint density at radius 1 is 0.571 bits per heavy atom. The van der Waals surface area contributed by atoms with Crippen LogP contribution in [0.2, 0.25) is 0 Å². The van der Waals surface area contributed by atoms with Crippen LogP contribution < -0.4 is 16.3 Å². The number of hydrogen-bond acceptors (Lipinski definition) is 3. The molecule has 0 spiro atoms. The molecule has 0 N–H and O–H groups in total. The molecule has 0 aliphatic heterocycles. The molecule has 0 unspecified atom stereocenters. The van der Waals surface area contributed by atoms with Crippen molar-refractivity contribution in [3.63, 3.8) is 0 Å². The minimum absolute atomic E-state index is 0.890.